The van der Waals surface area contributed by atoms with Gasteiger partial charge in [0.15, 0.2) is 5.75 Å². The van der Waals surface area contributed by atoms with Crippen molar-refractivity contribution in [3.05, 3.63) is 81.4 Å². The summed E-state index contributed by atoms with van der Waals surface area (Å²) in [6.07, 6.45) is 0. The van der Waals surface area contributed by atoms with E-state index in [1.54, 1.807) is 42.0 Å². The van der Waals surface area contributed by atoms with Crippen LogP contribution in [0.15, 0.2) is 84.5 Å². The Morgan fingerprint density at radius 3 is 2.45 bits per heavy atom. The smallest absolute Gasteiger partial charge is 0.354 e. The van der Waals surface area contributed by atoms with Gasteiger partial charge in [0, 0.05) is 17.0 Å². The highest BCUT2D eigenvalue weighted by Crippen LogP contribution is 2.37. The lowest BCUT2D eigenvalue weighted by atomic mass is 10.1. The number of hydrogen-bond acceptors (Lipinski definition) is 6. The van der Waals surface area contributed by atoms with Crippen LogP contribution < -0.4 is 15.9 Å². The highest BCUT2D eigenvalue weighted by molar-refractivity contribution is 7.99. The van der Waals surface area contributed by atoms with E-state index in [4.69, 9.17) is 9.15 Å². The minimum atomic E-state index is -0.710. The molecule has 31 heavy (non-hydrogen) atoms. The SMILES string of the molecule is COc1cccc(Sc2c(O)c3c(=O)n(C(C)C)c(-c4ccccc4)cc3oc2=O)c1. The van der Waals surface area contributed by atoms with E-state index in [0.29, 0.717) is 16.3 Å². The minimum absolute atomic E-state index is 0.0154. The molecular weight excluding hydrogens is 414 g/mol. The quantitative estimate of drug-likeness (QED) is 0.471. The third kappa shape index (κ3) is 3.84. The van der Waals surface area contributed by atoms with E-state index in [9.17, 15) is 14.7 Å². The van der Waals surface area contributed by atoms with Crippen molar-refractivity contribution >= 4 is 22.7 Å². The van der Waals surface area contributed by atoms with E-state index in [1.807, 2.05) is 44.2 Å². The molecule has 6 nitrogen and oxygen atoms in total. The molecular formula is C24H21NO5S. The van der Waals surface area contributed by atoms with Crippen LogP contribution in [0.3, 0.4) is 0 Å². The lowest BCUT2D eigenvalue weighted by Crippen LogP contribution is -2.24. The molecule has 0 saturated carbocycles. The second-order valence-electron chi connectivity index (χ2n) is 7.25. The van der Waals surface area contributed by atoms with Gasteiger partial charge in [0.25, 0.3) is 5.56 Å². The van der Waals surface area contributed by atoms with Crippen molar-refractivity contribution in [2.45, 2.75) is 29.7 Å². The first-order chi connectivity index (χ1) is 14.9. The molecule has 0 aliphatic heterocycles. The van der Waals surface area contributed by atoms with Gasteiger partial charge in [-0.25, -0.2) is 4.79 Å². The maximum atomic E-state index is 13.4. The molecule has 0 unspecified atom stereocenters. The van der Waals surface area contributed by atoms with Gasteiger partial charge in [-0.1, -0.05) is 48.2 Å². The predicted octanol–water partition coefficient (Wildman–Crippen LogP) is 5.07. The van der Waals surface area contributed by atoms with E-state index in [2.05, 4.69) is 0 Å². The second kappa shape index (κ2) is 8.35. The first-order valence-electron chi connectivity index (χ1n) is 9.73. The van der Waals surface area contributed by atoms with Gasteiger partial charge in [0.1, 0.15) is 21.6 Å². The number of pyridine rings is 1. The van der Waals surface area contributed by atoms with E-state index < -0.39 is 11.2 Å². The Balaban J connectivity index is 1.96. The van der Waals surface area contributed by atoms with Crippen LogP contribution in [-0.4, -0.2) is 16.8 Å². The number of ether oxygens (including phenoxy) is 1. The molecule has 2 aromatic carbocycles. The fraction of sp³-hybridized carbons (Fsp3) is 0.167. The Bertz CT molecular complexity index is 1370. The Morgan fingerprint density at radius 1 is 1.03 bits per heavy atom. The molecule has 7 heteroatoms. The zero-order chi connectivity index (χ0) is 22.1. The lowest BCUT2D eigenvalue weighted by molar-refractivity contribution is 0.413. The highest BCUT2D eigenvalue weighted by atomic mass is 32.2. The number of hydrogen-bond donors (Lipinski definition) is 1. The number of methoxy groups -OCH3 is 1. The Morgan fingerprint density at radius 2 is 1.77 bits per heavy atom. The van der Waals surface area contributed by atoms with Crippen molar-refractivity contribution in [3.63, 3.8) is 0 Å². The normalized spacial score (nSPS) is 11.2. The zero-order valence-electron chi connectivity index (χ0n) is 17.3. The molecule has 2 heterocycles. The van der Waals surface area contributed by atoms with Gasteiger partial charge in [-0.2, -0.15) is 0 Å². The first kappa shape index (κ1) is 20.8. The molecule has 0 atom stereocenters. The van der Waals surface area contributed by atoms with Crippen molar-refractivity contribution in [1.82, 2.24) is 4.57 Å². The molecule has 0 aliphatic carbocycles. The molecule has 0 aliphatic rings. The second-order valence-corrected chi connectivity index (χ2v) is 8.34. The van der Waals surface area contributed by atoms with Gasteiger partial charge in [0.2, 0.25) is 0 Å². The molecule has 2 aromatic heterocycles. The monoisotopic (exact) mass is 435 g/mol. The van der Waals surface area contributed by atoms with Crippen molar-refractivity contribution in [3.8, 4) is 22.8 Å². The summed E-state index contributed by atoms with van der Waals surface area (Å²) in [5.74, 6) is 0.238. The molecule has 4 rings (SSSR count). The third-order valence-electron chi connectivity index (χ3n) is 4.89. The van der Waals surface area contributed by atoms with Gasteiger partial charge in [-0.3, -0.25) is 4.79 Å². The minimum Gasteiger partial charge on any atom is -0.505 e. The molecule has 4 aromatic rings. The molecule has 0 spiro atoms. The van der Waals surface area contributed by atoms with Crippen molar-refractivity contribution in [2.75, 3.05) is 7.11 Å². The van der Waals surface area contributed by atoms with Gasteiger partial charge >= 0.3 is 5.63 Å². The summed E-state index contributed by atoms with van der Waals surface area (Å²) >= 11 is 1.02. The van der Waals surface area contributed by atoms with Gasteiger partial charge in [0.05, 0.1) is 12.8 Å². The first-order valence-corrected chi connectivity index (χ1v) is 10.5. The van der Waals surface area contributed by atoms with E-state index in [0.717, 1.165) is 17.3 Å². The standard InChI is InChI=1S/C24H21NO5S/c1-14(2)25-18(15-8-5-4-6-9-15)13-19-20(23(25)27)21(26)22(24(28)30-19)31-17-11-7-10-16(12-17)29-3/h4-14,26H,1-3H3. The Hall–Kier alpha value is -3.45. The van der Waals surface area contributed by atoms with Crippen LogP contribution in [0.2, 0.25) is 0 Å². The van der Waals surface area contributed by atoms with Crippen LogP contribution in [0.1, 0.15) is 19.9 Å². The van der Waals surface area contributed by atoms with Gasteiger partial charge in [-0.15, -0.1) is 0 Å². The van der Waals surface area contributed by atoms with Crippen LogP contribution in [0.4, 0.5) is 0 Å². The largest absolute Gasteiger partial charge is 0.505 e. The molecule has 0 fully saturated rings. The lowest BCUT2D eigenvalue weighted by Gasteiger charge is -2.18. The molecule has 1 N–H and O–H groups in total. The number of fused-ring (bicyclic) bond motifs is 1. The molecule has 0 radical (unpaired) electrons. The summed E-state index contributed by atoms with van der Waals surface area (Å²) in [7, 11) is 1.55. The van der Waals surface area contributed by atoms with Crippen LogP contribution >= 0.6 is 11.8 Å². The summed E-state index contributed by atoms with van der Waals surface area (Å²) in [5, 5.41) is 10.9. The predicted molar refractivity (Wildman–Crippen MR) is 121 cm³/mol. The molecule has 158 valence electrons. The van der Waals surface area contributed by atoms with Crippen molar-refractivity contribution in [1.29, 1.82) is 0 Å². The number of nitrogens with zero attached hydrogens (tertiary/aromatic N) is 1. The number of aromatic nitrogens is 1. The summed E-state index contributed by atoms with van der Waals surface area (Å²) in [5.41, 5.74) is 0.355. The zero-order valence-corrected chi connectivity index (χ0v) is 18.1. The summed E-state index contributed by atoms with van der Waals surface area (Å²) in [4.78, 5) is 26.7. The number of rotatable bonds is 5. The Kier molecular flexibility index (Phi) is 5.61. The average molecular weight is 436 g/mol. The van der Waals surface area contributed by atoms with Crippen LogP contribution in [-0.2, 0) is 0 Å². The number of benzene rings is 2. The molecule has 0 amide bonds. The topological polar surface area (TPSA) is 81.7 Å². The third-order valence-corrected chi connectivity index (χ3v) is 5.95. The van der Waals surface area contributed by atoms with Gasteiger partial charge < -0.3 is 18.8 Å². The molecule has 0 bridgehead atoms. The Labute approximate surface area is 182 Å². The molecule has 0 saturated heterocycles. The van der Waals surface area contributed by atoms with Crippen molar-refractivity contribution in [2.24, 2.45) is 0 Å². The number of aromatic hydroxyl groups is 1. The summed E-state index contributed by atoms with van der Waals surface area (Å²) < 4.78 is 12.3. The highest BCUT2D eigenvalue weighted by Gasteiger charge is 2.22. The van der Waals surface area contributed by atoms with E-state index in [1.165, 1.54) is 0 Å². The maximum absolute atomic E-state index is 13.4. The fourth-order valence-electron chi connectivity index (χ4n) is 3.47. The fourth-order valence-corrected chi connectivity index (χ4v) is 4.35. The van der Waals surface area contributed by atoms with Crippen molar-refractivity contribution < 1.29 is 14.3 Å². The van der Waals surface area contributed by atoms with E-state index >= 15 is 0 Å². The van der Waals surface area contributed by atoms with Crippen LogP contribution in [0.25, 0.3) is 22.2 Å². The maximum Gasteiger partial charge on any atom is 0.354 e. The van der Waals surface area contributed by atoms with Crippen LogP contribution in [0, 0.1) is 0 Å². The summed E-state index contributed by atoms with van der Waals surface area (Å²) in [6, 6.07) is 17.9. The summed E-state index contributed by atoms with van der Waals surface area (Å²) in [6.45, 7) is 3.78. The average Bonchev–Trinajstić information content (AvgIpc) is 2.76. The van der Waals surface area contributed by atoms with Crippen LogP contribution in [0.5, 0.6) is 11.5 Å². The van der Waals surface area contributed by atoms with E-state index in [-0.39, 0.29) is 27.7 Å². The van der Waals surface area contributed by atoms with Gasteiger partial charge in [-0.05, 0) is 37.6 Å².